The van der Waals surface area contributed by atoms with Gasteiger partial charge < -0.3 is 15.4 Å². The highest BCUT2D eigenvalue weighted by Gasteiger charge is 2.41. The van der Waals surface area contributed by atoms with Crippen LogP contribution in [0.1, 0.15) is 39.5 Å². The standard InChI is InChI=1S/C12H24N2O2/c1-4-5-12(6-7-12)9-13-11(15)14-10(2)8-16-3/h10H,4-9H2,1-3H3,(H2,13,14,15). The first-order valence-electron chi connectivity index (χ1n) is 6.15. The highest BCUT2D eigenvalue weighted by molar-refractivity contribution is 5.74. The third kappa shape index (κ3) is 4.39. The van der Waals surface area contributed by atoms with Gasteiger partial charge in [-0.1, -0.05) is 13.3 Å². The topological polar surface area (TPSA) is 50.4 Å². The molecule has 0 aliphatic heterocycles. The van der Waals surface area contributed by atoms with Crippen molar-refractivity contribution in [1.29, 1.82) is 0 Å². The van der Waals surface area contributed by atoms with Crippen molar-refractivity contribution < 1.29 is 9.53 Å². The lowest BCUT2D eigenvalue weighted by atomic mass is 10.0. The van der Waals surface area contributed by atoms with Gasteiger partial charge in [0.25, 0.3) is 0 Å². The summed E-state index contributed by atoms with van der Waals surface area (Å²) in [7, 11) is 1.64. The minimum atomic E-state index is -0.0769. The summed E-state index contributed by atoms with van der Waals surface area (Å²) in [6.07, 6.45) is 4.94. The quantitative estimate of drug-likeness (QED) is 0.699. The van der Waals surface area contributed by atoms with E-state index >= 15 is 0 Å². The minimum absolute atomic E-state index is 0.0614. The van der Waals surface area contributed by atoms with E-state index < -0.39 is 0 Å². The summed E-state index contributed by atoms with van der Waals surface area (Å²) in [5, 5.41) is 5.80. The predicted octanol–water partition coefficient (Wildman–Crippen LogP) is 1.90. The molecule has 0 aromatic carbocycles. The second-order valence-electron chi connectivity index (χ2n) is 4.93. The summed E-state index contributed by atoms with van der Waals surface area (Å²) < 4.78 is 4.96. The fraction of sp³-hybridized carbons (Fsp3) is 0.917. The highest BCUT2D eigenvalue weighted by atomic mass is 16.5. The van der Waals surface area contributed by atoms with Crippen molar-refractivity contribution >= 4 is 6.03 Å². The molecule has 1 saturated carbocycles. The Bertz CT molecular complexity index is 227. The van der Waals surface area contributed by atoms with E-state index in [0.29, 0.717) is 12.0 Å². The van der Waals surface area contributed by atoms with Gasteiger partial charge in [-0.2, -0.15) is 0 Å². The summed E-state index contributed by atoms with van der Waals surface area (Å²) >= 11 is 0. The number of rotatable bonds is 7. The Morgan fingerprint density at radius 3 is 2.69 bits per heavy atom. The van der Waals surface area contributed by atoms with Crippen molar-refractivity contribution in [3.05, 3.63) is 0 Å². The van der Waals surface area contributed by atoms with Crippen LogP contribution in [-0.4, -0.2) is 32.3 Å². The lowest BCUT2D eigenvalue weighted by molar-refractivity contribution is 0.170. The molecule has 4 nitrogen and oxygen atoms in total. The molecule has 0 saturated heterocycles. The Hall–Kier alpha value is -0.770. The third-order valence-electron chi connectivity index (χ3n) is 3.16. The molecule has 2 amide bonds. The molecule has 2 N–H and O–H groups in total. The van der Waals surface area contributed by atoms with Crippen molar-refractivity contribution in [3.8, 4) is 0 Å². The van der Waals surface area contributed by atoms with Crippen molar-refractivity contribution in [2.45, 2.75) is 45.6 Å². The summed E-state index contributed by atoms with van der Waals surface area (Å²) in [6, 6.07) is -0.0155. The number of ether oxygens (including phenoxy) is 1. The van der Waals surface area contributed by atoms with E-state index in [0.717, 1.165) is 6.54 Å². The molecule has 0 aromatic rings. The molecule has 0 bridgehead atoms. The Labute approximate surface area is 98.1 Å². The summed E-state index contributed by atoms with van der Waals surface area (Å²) in [4.78, 5) is 11.5. The van der Waals surface area contributed by atoms with E-state index in [1.165, 1.54) is 25.7 Å². The second kappa shape index (κ2) is 6.09. The molecule has 1 rings (SSSR count). The fourth-order valence-electron chi connectivity index (χ4n) is 2.06. The molecule has 0 aromatic heterocycles. The van der Waals surface area contributed by atoms with Crippen LogP contribution in [0.25, 0.3) is 0 Å². The summed E-state index contributed by atoms with van der Waals surface area (Å²) in [5.74, 6) is 0. The number of methoxy groups -OCH3 is 1. The normalized spacial score (nSPS) is 18.9. The SMILES string of the molecule is CCCC1(CNC(=O)NC(C)COC)CC1. The smallest absolute Gasteiger partial charge is 0.315 e. The van der Waals surface area contributed by atoms with Crippen molar-refractivity contribution in [2.24, 2.45) is 5.41 Å². The second-order valence-corrected chi connectivity index (χ2v) is 4.93. The number of carbonyl (C=O) groups excluding carboxylic acids is 1. The first-order valence-corrected chi connectivity index (χ1v) is 6.15. The molecular weight excluding hydrogens is 204 g/mol. The molecule has 1 aliphatic rings. The van der Waals surface area contributed by atoms with Crippen LogP contribution in [0, 0.1) is 5.41 Å². The predicted molar refractivity (Wildman–Crippen MR) is 64.4 cm³/mol. The van der Waals surface area contributed by atoms with Crippen LogP contribution in [0.4, 0.5) is 4.79 Å². The number of nitrogens with one attached hydrogen (secondary N) is 2. The van der Waals surface area contributed by atoms with Crippen molar-refractivity contribution in [1.82, 2.24) is 10.6 Å². The zero-order valence-corrected chi connectivity index (χ0v) is 10.6. The van der Waals surface area contributed by atoms with Crippen molar-refractivity contribution in [2.75, 3.05) is 20.3 Å². The highest BCUT2D eigenvalue weighted by Crippen LogP contribution is 2.48. The van der Waals surface area contributed by atoms with Crippen LogP contribution >= 0.6 is 0 Å². The van der Waals surface area contributed by atoms with Crippen LogP contribution in [0.5, 0.6) is 0 Å². The molecule has 0 radical (unpaired) electrons. The van der Waals surface area contributed by atoms with Crippen LogP contribution in [-0.2, 0) is 4.74 Å². The van der Waals surface area contributed by atoms with E-state index in [4.69, 9.17) is 4.74 Å². The van der Waals surface area contributed by atoms with Gasteiger partial charge in [-0.15, -0.1) is 0 Å². The molecular formula is C12H24N2O2. The molecule has 4 heteroatoms. The van der Waals surface area contributed by atoms with E-state index in [-0.39, 0.29) is 12.1 Å². The van der Waals surface area contributed by atoms with Crippen LogP contribution in [0.2, 0.25) is 0 Å². The fourth-order valence-corrected chi connectivity index (χ4v) is 2.06. The van der Waals surface area contributed by atoms with Gasteiger partial charge in [0, 0.05) is 13.7 Å². The zero-order valence-electron chi connectivity index (χ0n) is 10.6. The monoisotopic (exact) mass is 228 g/mol. The average Bonchev–Trinajstić information content (AvgIpc) is 2.97. The van der Waals surface area contributed by atoms with Gasteiger partial charge in [0.2, 0.25) is 0 Å². The molecule has 16 heavy (non-hydrogen) atoms. The molecule has 94 valence electrons. The van der Waals surface area contributed by atoms with Crippen molar-refractivity contribution in [3.63, 3.8) is 0 Å². The van der Waals surface area contributed by atoms with E-state index in [1.54, 1.807) is 7.11 Å². The molecule has 0 heterocycles. The van der Waals surface area contributed by atoms with Gasteiger partial charge in [0.15, 0.2) is 0 Å². The number of hydrogen-bond acceptors (Lipinski definition) is 2. The maximum atomic E-state index is 11.5. The van der Waals surface area contributed by atoms with Crippen LogP contribution in [0.3, 0.4) is 0 Å². The molecule has 0 spiro atoms. The van der Waals surface area contributed by atoms with Gasteiger partial charge in [0.1, 0.15) is 0 Å². The largest absolute Gasteiger partial charge is 0.383 e. The molecule has 1 atom stereocenters. The molecule has 1 aliphatic carbocycles. The van der Waals surface area contributed by atoms with E-state index in [1.807, 2.05) is 6.92 Å². The Kier molecular flexibility index (Phi) is 5.06. The first-order chi connectivity index (χ1) is 7.62. The zero-order chi connectivity index (χ0) is 12.0. The minimum Gasteiger partial charge on any atom is -0.383 e. The average molecular weight is 228 g/mol. The maximum Gasteiger partial charge on any atom is 0.315 e. The molecule has 1 fully saturated rings. The van der Waals surface area contributed by atoms with Gasteiger partial charge in [-0.25, -0.2) is 4.79 Å². The molecule has 1 unspecified atom stereocenters. The third-order valence-corrected chi connectivity index (χ3v) is 3.16. The Morgan fingerprint density at radius 1 is 1.50 bits per heavy atom. The number of hydrogen-bond donors (Lipinski definition) is 2. The lowest BCUT2D eigenvalue weighted by Gasteiger charge is -2.17. The maximum absolute atomic E-state index is 11.5. The Morgan fingerprint density at radius 2 is 2.19 bits per heavy atom. The van der Waals surface area contributed by atoms with E-state index in [9.17, 15) is 4.79 Å². The lowest BCUT2D eigenvalue weighted by Crippen LogP contribution is -2.44. The Balaban J connectivity index is 2.15. The number of amides is 2. The first kappa shape index (κ1) is 13.3. The summed E-state index contributed by atoms with van der Waals surface area (Å²) in [5.41, 5.74) is 0.413. The van der Waals surface area contributed by atoms with Crippen LogP contribution < -0.4 is 10.6 Å². The van der Waals surface area contributed by atoms with Gasteiger partial charge in [-0.05, 0) is 31.6 Å². The van der Waals surface area contributed by atoms with Gasteiger partial charge in [-0.3, -0.25) is 0 Å². The number of urea groups is 1. The van der Waals surface area contributed by atoms with Gasteiger partial charge in [0.05, 0.1) is 12.6 Å². The summed E-state index contributed by atoms with van der Waals surface area (Å²) in [6.45, 7) is 5.49. The number of carbonyl (C=O) groups is 1. The van der Waals surface area contributed by atoms with Gasteiger partial charge >= 0.3 is 6.03 Å². The van der Waals surface area contributed by atoms with E-state index in [2.05, 4.69) is 17.6 Å². The van der Waals surface area contributed by atoms with Crippen LogP contribution in [0.15, 0.2) is 0 Å².